The third-order valence-corrected chi connectivity index (χ3v) is 24.5. The van der Waals surface area contributed by atoms with Crippen molar-refractivity contribution < 1.29 is 23.6 Å². The monoisotopic (exact) mass is 1620 g/mol. The molecule has 622 valence electrons. The fourth-order valence-electron chi connectivity index (χ4n) is 18.2. The molecule has 0 spiro atoms. The van der Waals surface area contributed by atoms with Crippen molar-refractivity contribution >= 4 is 67.8 Å². The summed E-state index contributed by atoms with van der Waals surface area (Å²) < 4.78 is 22.1. The molecule has 4 saturated heterocycles. The van der Waals surface area contributed by atoms with Gasteiger partial charge in [-0.25, -0.2) is 24.3 Å². The minimum atomic E-state index is -0.323. The van der Waals surface area contributed by atoms with Crippen molar-refractivity contribution in [3.05, 3.63) is 255 Å². The summed E-state index contributed by atoms with van der Waals surface area (Å²) in [5, 5.41) is 27.3. The van der Waals surface area contributed by atoms with Crippen LogP contribution in [0, 0.1) is 34.9 Å². The molecular weight excluding hydrogens is 1520 g/mol. The number of carbonyl (C=O) groups is 4. The van der Waals surface area contributed by atoms with E-state index in [9.17, 15) is 23.6 Å². The molecular formula is C96H107FN20O4. The summed E-state index contributed by atoms with van der Waals surface area (Å²) in [5.74, 6) is 2.50. The summed E-state index contributed by atoms with van der Waals surface area (Å²) in [4.78, 5) is 78.5. The molecule has 8 atom stereocenters. The first-order chi connectivity index (χ1) is 58.7. The van der Waals surface area contributed by atoms with E-state index in [4.69, 9.17) is 19.9 Å². The molecule has 16 heterocycles. The number of H-pyrrole nitrogens is 4. The molecule has 4 amide bonds. The van der Waals surface area contributed by atoms with Crippen LogP contribution < -0.4 is 0 Å². The van der Waals surface area contributed by atoms with Crippen molar-refractivity contribution in [2.45, 2.75) is 163 Å². The summed E-state index contributed by atoms with van der Waals surface area (Å²) in [6.45, 7) is 21.5. The van der Waals surface area contributed by atoms with E-state index in [1.54, 1.807) is 36.9 Å². The number of hydrogen-bond donors (Lipinski definition) is 4. The van der Waals surface area contributed by atoms with Crippen molar-refractivity contribution in [1.29, 1.82) is 0 Å². The summed E-state index contributed by atoms with van der Waals surface area (Å²) in [7, 11) is 0. The number of nitrogens with zero attached hydrogens (tertiary/aromatic N) is 16. The molecule has 12 aromatic heterocycles. The molecule has 4 N–H and O–H groups in total. The molecule has 0 radical (unpaired) electrons. The van der Waals surface area contributed by atoms with Gasteiger partial charge < -0.3 is 37.9 Å². The number of aromatic amines is 4. The van der Waals surface area contributed by atoms with E-state index in [-0.39, 0.29) is 40.9 Å². The lowest BCUT2D eigenvalue weighted by Crippen LogP contribution is -2.41. The van der Waals surface area contributed by atoms with Crippen molar-refractivity contribution in [3.8, 4) is 45.0 Å². The average Bonchev–Trinajstić information content (AvgIpc) is 1.67. The number of amides is 4. The zero-order chi connectivity index (χ0) is 83.7. The first kappa shape index (κ1) is 81.8. The number of pyridine rings is 4. The Kier molecular flexibility index (Phi) is 24.8. The van der Waals surface area contributed by atoms with Gasteiger partial charge in [0, 0.05) is 173 Å². The van der Waals surface area contributed by atoms with Crippen LogP contribution in [-0.4, -0.2) is 173 Å². The zero-order valence-electron chi connectivity index (χ0n) is 70.0. The van der Waals surface area contributed by atoms with Crippen LogP contribution in [0.25, 0.3) is 89.2 Å². The lowest BCUT2D eigenvalue weighted by atomic mass is 9.94. The maximum absolute atomic E-state index is 13.1. The van der Waals surface area contributed by atoms with Gasteiger partial charge in [-0.1, -0.05) is 93.6 Å². The highest BCUT2D eigenvalue weighted by molar-refractivity contribution is 5.84. The zero-order valence-corrected chi connectivity index (χ0v) is 70.0. The van der Waals surface area contributed by atoms with Crippen LogP contribution >= 0.6 is 0 Å². The number of fused-ring (bicyclic) bond motifs is 4. The van der Waals surface area contributed by atoms with Gasteiger partial charge in [-0.3, -0.25) is 39.6 Å². The Hall–Kier alpha value is -12.9. The van der Waals surface area contributed by atoms with Crippen molar-refractivity contribution in [3.63, 3.8) is 0 Å². The molecule has 4 aliphatic rings. The topological polar surface area (TPSA) is 267 Å². The lowest BCUT2D eigenvalue weighted by Gasteiger charge is -2.29. The van der Waals surface area contributed by atoms with Crippen LogP contribution in [0.2, 0.25) is 0 Å². The van der Waals surface area contributed by atoms with Crippen LogP contribution in [0.15, 0.2) is 232 Å². The van der Waals surface area contributed by atoms with Crippen LogP contribution in [0.5, 0.6) is 0 Å². The molecule has 19 rings (SSSR count). The Bertz CT molecular complexity index is 5760. The smallest absolute Gasteiger partial charge is 0.228 e. The molecule has 0 saturated carbocycles. The molecule has 121 heavy (non-hydrogen) atoms. The predicted molar refractivity (Wildman–Crippen MR) is 470 cm³/mol. The Morgan fingerprint density at radius 1 is 0.355 bits per heavy atom. The number of aromatic nitrogens is 16. The minimum Gasteiger partial charge on any atom is -0.346 e. The van der Waals surface area contributed by atoms with E-state index in [1.165, 1.54) is 23.3 Å². The standard InChI is InChI=1S/C25H26FN5O.2C25H27N5O.C21H27N5O/c1-17-12-19(16-31(17)25(32)9-4-18-2-5-21(26)6-3-18)15-30-11-10-23-24(30)8-7-22(29-23)20-13-27-28-14-20;2*1-18-13-20(17-30(18)25(31)10-7-19-5-3-2-4-6-19)16-29-12-11-23-24(29)9-8-22(28-23)21-14-26-27-15-21;1-14-9-15(13-26(14)20(27)21(2,3)4)12-25-8-7-18-19(25)6-5-17(24-18)16-10-22-23-11-16/h2-3,5-8,10-11,13-14,17,19H,4,9,12,15-16H2,1H3,(H,27,28);2*2-6,8-9,11-12,14-15,18,20H,7,10,13,16-17H2,1H3,(H,26,27);5-8,10-11,14-15H,9,12-13H2,1-4H3,(H,22,23)/t17-,19-;18-,20+;18-,20-;14-,15-/m1011/s1. The highest BCUT2D eigenvalue weighted by Gasteiger charge is 2.39. The van der Waals surface area contributed by atoms with Gasteiger partial charge in [-0.05, 0) is 198 Å². The maximum Gasteiger partial charge on any atom is 0.228 e. The number of rotatable bonds is 21. The highest BCUT2D eigenvalue weighted by atomic mass is 19.1. The fourth-order valence-corrected chi connectivity index (χ4v) is 18.2. The molecule has 25 heteroatoms. The second-order valence-corrected chi connectivity index (χ2v) is 34.5. The van der Waals surface area contributed by atoms with Crippen LogP contribution in [0.4, 0.5) is 4.39 Å². The fraction of sp³-hybridized carbons (Fsp3) is 0.354. The maximum atomic E-state index is 13.1. The molecule has 4 fully saturated rings. The van der Waals surface area contributed by atoms with Crippen molar-refractivity contribution in [2.75, 3.05) is 26.2 Å². The van der Waals surface area contributed by atoms with E-state index in [0.29, 0.717) is 67.5 Å². The first-order valence-corrected chi connectivity index (χ1v) is 42.6. The molecule has 15 aromatic rings. The van der Waals surface area contributed by atoms with Crippen LogP contribution in [0.1, 0.15) is 110 Å². The lowest BCUT2D eigenvalue weighted by molar-refractivity contribution is -0.140. The van der Waals surface area contributed by atoms with Gasteiger partial charge in [0.25, 0.3) is 0 Å². The Balaban J connectivity index is 0.000000120. The Morgan fingerprint density at radius 2 is 0.628 bits per heavy atom. The molecule has 0 bridgehead atoms. The van der Waals surface area contributed by atoms with Gasteiger partial charge in [0.1, 0.15) is 5.82 Å². The summed E-state index contributed by atoms with van der Waals surface area (Å²) in [6.07, 6.45) is 30.9. The van der Waals surface area contributed by atoms with E-state index in [0.717, 1.165) is 186 Å². The van der Waals surface area contributed by atoms with E-state index in [1.807, 2.05) is 117 Å². The second-order valence-electron chi connectivity index (χ2n) is 34.5. The minimum absolute atomic E-state index is 0.174. The number of benzene rings is 3. The van der Waals surface area contributed by atoms with Crippen molar-refractivity contribution in [2.24, 2.45) is 29.1 Å². The van der Waals surface area contributed by atoms with Gasteiger partial charge in [-0.2, -0.15) is 20.4 Å². The molecule has 3 aromatic carbocycles. The van der Waals surface area contributed by atoms with Gasteiger partial charge in [-0.15, -0.1) is 0 Å². The molecule has 24 nitrogen and oxygen atoms in total. The summed E-state index contributed by atoms with van der Waals surface area (Å²) >= 11 is 0. The van der Waals surface area contributed by atoms with Gasteiger partial charge in [0.05, 0.1) is 91.7 Å². The van der Waals surface area contributed by atoms with E-state index < -0.39 is 0 Å². The molecule has 0 aliphatic carbocycles. The molecule has 4 aliphatic heterocycles. The van der Waals surface area contributed by atoms with Crippen LogP contribution in [-0.2, 0) is 64.6 Å². The Labute approximate surface area is 704 Å². The molecule has 0 unspecified atom stereocenters. The number of carbonyl (C=O) groups excluding carboxylic acids is 4. The third kappa shape index (κ3) is 19.5. The van der Waals surface area contributed by atoms with Crippen molar-refractivity contribution in [1.82, 2.24) is 98.6 Å². The Morgan fingerprint density at radius 3 is 0.901 bits per heavy atom. The number of hydrogen-bond acceptors (Lipinski definition) is 12. The number of nitrogens with one attached hydrogen (secondary N) is 4. The number of aryl methyl sites for hydroxylation is 3. The summed E-state index contributed by atoms with van der Waals surface area (Å²) in [6, 6.07) is 52.9. The van der Waals surface area contributed by atoms with Gasteiger partial charge in [0.2, 0.25) is 23.6 Å². The quantitative estimate of drug-likeness (QED) is 0.0523. The van der Waals surface area contributed by atoms with E-state index in [2.05, 4.69) is 193 Å². The number of halogens is 1. The highest BCUT2D eigenvalue weighted by Crippen LogP contribution is 2.35. The van der Waals surface area contributed by atoms with Crippen LogP contribution in [0.3, 0.4) is 0 Å². The summed E-state index contributed by atoms with van der Waals surface area (Å²) in [5.41, 5.74) is 19.1. The predicted octanol–water partition coefficient (Wildman–Crippen LogP) is 16.7. The second kappa shape index (κ2) is 36.7. The van der Waals surface area contributed by atoms with E-state index >= 15 is 0 Å². The first-order valence-electron chi connectivity index (χ1n) is 42.6. The number of likely N-dealkylation sites (tertiary alicyclic amines) is 4. The average molecular weight is 1620 g/mol. The normalized spacial score (nSPS) is 19.0. The van der Waals surface area contributed by atoms with Gasteiger partial charge >= 0.3 is 0 Å². The largest absolute Gasteiger partial charge is 0.346 e. The van der Waals surface area contributed by atoms with Gasteiger partial charge in [0.15, 0.2) is 0 Å². The SMILES string of the molecule is C[C@@H]1C[C@H](Cn2ccc3nc(-c4cn[nH]c4)ccc32)CN1C(=O)C(C)(C)C.C[C@@H]1C[C@H](Cn2ccc3nc(-c4cn[nH]c4)ccc32)CN1C(=O)CCc1ccc(F)cc1.C[C@@H]1C[C@H](Cn2ccc3nc(-c4cn[nH]c4)ccc32)CN1C(=O)CCc1ccccc1.C[C@H]1C[C@H](Cn2ccc3nc(-c4cn[nH]c4)ccc32)CN1C(=O)CCc1ccccc1. The third-order valence-electron chi connectivity index (χ3n) is 24.5.